The highest BCUT2D eigenvalue weighted by Crippen LogP contribution is 2.38. The molecule has 0 atom stereocenters. The smallest absolute Gasteiger partial charge is 0.329 e. The Morgan fingerprint density at radius 1 is 1.05 bits per heavy atom. The number of aryl methyl sites for hydroxylation is 1. The zero-order valence-corrected chi connectivity index (χ0v) is 22.0. The largest absolute Gasteiger partial charge is 0.495 e. The molecule has 1 N–H and O–H groups in total. The number of urea groups is 1. The van der Waals surface area contributed by atoms with Crippen molar-refractivity contribution in [3.05, 3.63) is 77.6 Å². The van der Waals surface area contributed by atoms with E-state index in [9.17, 15) is 13.2 Å². The lowest BCUT2D eigenvalue weighted by molar-refractivity contribution is 0.226. The minimum atomic E-state index is -3.97. The number of hydrogen-bond donors (Lipinski definition) is 1. The van der Waals surface area contributed by atoms with E-state index < -0.39 is 16.1 Å². The minimum absolute atomic E-state index is 0.0363. The summed E-state index contributed by atoms with van der Waals surface area (Å²) >= 11 is 6.17. The van der Waals surface area contributed by atoms with Crippen molar-refractivity contribution in [1.82, 2.24) is 15.0 Å². The quantitative estimate of drug-likeness (QED) is 0.336. The number of anilines is 3. The van der Waals surface area contributed by atoms with Gasteiger partial charge in [0.2, 0.25) is 0 Å². The van der Waals surface area contributed by atoms with Crippen molar-refractivity contribution < 1.29 is 22.5 Å². The van der Waals surface area contributed by atoms with E-state index in [1.165, 1.54) is 41.4 Å². The molecule has 0 saturated carbocycles. The number of benzene rings is 2. The molecular formula is C25H24ClN5O5S. The van der Waals surface area contributed by atoms with E-state index in [2.05, 4.69) is 19.4 Å². The first-order chi connectivity index (χ1) is 17.6. The fraction of sp³-hybridized carbons (Fsp3) is 0.160. The molecule has 2 aromatic heterocycles. The van der Waals surface area contributed by atoms with Gasteiger partial charge in [0.1, 0.15) is 22.7 Å². The maximum Gasteiger partial charge on any atom is 0.329 e. The standard InChI is InChI=1S/C25H24ClN5O5S/c1-16-13-17(5-8-20(16)26)18-6-9-21(22(14-18)35-4)31(25(32)30(2)3)24-10-7-19(15-27-24)37(33,34)29-23-11-12-36-28-23/h5-15H,1-4H3,(H,28,29). The molecule has 0 fully saturated rings. The molecule has 4 aromatic rings. The number of rotatable bonds is 7. The first-order valence-electron chi connectivity index (χ1n) is 11.0. The van der Waals surface area contributed by atoms with Gasteiger partial charge in [-0.25, -0.2) is 23.1 Å². The third kappa shape index (κ3) is 5.52. The molecule has 2 amide bonds. The van der Waals surface area contributed by atoms with Crippen LogP contribution in [0.15, 0.2) is 76.5 Å². The molecular weight excluding hydrogens is 518 g/mol. The fourth-order valence-corrected chi connectivity index (χ4v) is 4.57. The molecule has 0 aliphatic carbocycles. The summed E-state index contributed by atoms with van der Waals surface area (Å²) in [5, 5.41) is 4.22. The summed E-state index contributed by atoms with van der Waals surface area (Å²) in [6.07, 6.45) is 2.40. The minimum Gasteiger partial charge on any atom is -0.495 e. The number of ether oxygens (including phenoxy) is 1. The molecule has 37 heavy (non-hydrogen) atoms. The summed E-state index contributed by atoms with van der Waals surface area (Å²) in [5.41, 5.74) is 3.17. The molecule has 0 aliphatic rings. The first kappa shape index (κ1) is 26.0. The van der Waals surface area contributed by atoms with Gasteiger partial charge in [0, 0.05) is 31.4 Å². The van der Waals surface area contributed by atoms with E-state index in [0.717, 1.165) is 22.9 Å². The van der Waals surface area contributed by atoms with Crippen LogP contribution in [0.3, 0.4) is 0 Å². The van der Waals surface area contributed by atoms with Gasteiger partial charge in [-0.2, -0.15) is 0 Å². The van der Waals surface area contributed by atoms with E-state index in [4.69, 9.17) is 16.3 Å². The highest BCUT2D eigenvalue weighted by atomic mass is 35.5. The van der Waals surface area contributed by atoms with Gasteiger partial charge >= 0.3 is 6.03 Å². The Kier molecular flexibility index (Phi) is 7.37. The van der Waals surface area contributed by atoms with Crippen molar-refractivity contribution in [3.8, 4) is 16.9 Å². The van der Waals surface area contributed by atoms with Gasteiger partial charge in [-0.1, -0.05) is 28.9 Å². The van der Waals surface area contributed by atoms with Gasteiger partial charge in [-0.3, -0.25) is 4.72 Å². The number of carbonyl (C=O) groups is 1. The molecule has 2 aromatic carbocycles. The molecule has 0 radical (unpaired) electrons. The number of nitrogens with zero attached hydrogens (tertiary/aromatic N) is 4. The maximum atomic E-state index is 13.2. The SMILES string of the molecule is COc1cc(-c2ccc(Cl)c(C)c2)ccc1N(C(=O)N(C)C)c1ccc(S(=O)(=O)Nc2ccon2)cn1. The molecule has 0 spiro atoms. The number of sulfonamides is 1. The monoisotopic (exact) mass is 541 g/mol. The highest BCUT2D eigenvalue weighted by molar-refractivity contribution is 7.92. The second-order valence-electron chi connectivity index (χ2n) is 8.21. The number of amides is 2. The number of carbonyl (C=O) groups excluding carboxylic acids is 1. The van der Waals surface area contributed by atoms with Crippen LogP contribution in [0.4, 0.5) is 22.1 Å². The summed E-state index contributed by atoms with van der Waals surface area (Å²) in [7, 11) is 0.750. The molecule has 4 rings (SSSR count). The van der Waals surface area contributed by atoms with E-state index in [1.54, 1.807) is 20.2 Å². The van der Waals surface area contributed by atoms with Crippen LogP contribution in [0.2, 0.25) is 5.02 Å². The molecule has 0 unspecified atom stereocenters. The average Bonchev–Trinajstić information content (AvgIpc) is 3.38. The summed E-state index contributed by atoms with van der Waals surface area (Å²) < 4.78 is 37.9. The lowest BCUT2D eigenvalue weighted by Crippen LogP contribution is -2.36. The number of nitrogens with one attached hydrogen (secondary N) is 1. The summed E-state index contributed by atoms with van der Waals surface area (Å²) in [6.45, 7) is 1.92. The predicted molar refractivity (Wildman–Crippen MR) is 141 cm³/mol. The van der Waals surface area contributed by atoms with E-state index in [0.29, 0.717) is 16.5 Å². The molecule has 0 bridgehead atoms. The van der Waals surface area contributed by atoms with Crippen LogP contribution < -0.4 is 14.4 Å². The van der Waals surface area contributed by atoms with Crippen LogP contribution >= 0.6 is 11.6 Å². The number of aromatic nitrogens is 2. The molecule has 10 nitrogen and oxygen atoms in total. The zero-order valence-electron chi connectivity index (χ0n) is 20.5. The third-order valence-electron chi connectivity index (χ3n) is 5.42. The summed E-state index contributed by atoms with van der Waals surface area (Å²) in [6, 6.07) is 14.9. The molecule has 0 saturated heterocycles. The van der Waals surface area contributed by atoms with Crippen molar-refractivity contribution in [2.75, 3.05) is 30.8 Å². The van der Waals surface area contributed by atoms with Crippen molar-refractivity contribution in [2.24, 2.45) is 0 Å². The van der Waals surface area contributed by atoms with Crippen molar-refractivity contribution >= 4 is 45.0 Å². The second kappa shape index (κ2) is 10.5. The number of pyridine rings is 1. The maximum absolute atomic E-state index is 13.2. The number of hydrogen-bond acceptors (Lipinski definition) is 7. The predicted octanol–water partition coefficient (Wildman–Crippen LogP) is 5.33. The molecule has 192 valence electrons. The second-order valence-corrected chi connectivity index (χ2v) is 10.3. The van der Waals surface area contributed by atoms with E-state index >= 15 is 0 Å². The number of halogens is 1. The third-order valence-corrected chi connectivity index (χ3v) is 7.19. The summed E-state index contributed by atoms with van der Waals surface area (Å²) in [4.78, 5) is 20.1. The van der Waals surface area contributed by atoms with Crippen LogP contribution in [0.5, 0.6) is 5.75 Å². The van der Waals surface area contributed by atoms with Gasteiger partial charge in [-0.05, 0) is 60.0 Å². The van der Waals surface area contributed by atoms with Crippen molar-refractivity contribution in [1.29, 1.82) is 0 Å². The van der Waals surface area contributed by atoms with Crippen LogP contribution in [0, 0.1) is 6.92 Å². The van der Waals surface area contributed by atoms with Gasteiger partial charge in [0.05, 0.1) is 12.8 Å². The Bertz CT molecular complexity index is 1520. The Hall–Kier alpha value is -4.09. The Labute approximate surface area is 219 Å². The average molecular weight is 542 g/mol. The topological polar surface area (TPSA) is 118 Å². The van der Waals surface area contributed by atoms with Crippen molar-refractivity contribution in [2.45, 2.75) is 11.8 Å². The lowest BCUT2D eigenvalue weighted by atomic mass is 10.0. The Morgan fingerprint density at radius 2 is 1.78 bits per heavy atom. The highest BCUT2D eigenvalue weighted by Gasteiger charge is 2.26. The van der Waals surface area contributed by atoms with Gasteiger partial charge in [0.25, 0.3) is 10.0 Å². The normalized spacial score (nSPS) is 11.2. The van der Waals surface area contributed by atoms with Gasteiger partial charge in [0.15, 0.2) is 5.82 Å². The molecule has 2 heterocycles. The van der Waals surface area contributed by atoms with Gasteiger partial charge in [-0.15, -0.1) is 0 Å². The zero-order chi connectivity index (χ0) is 26.7. The Morgan fingerprint density at radius 3 is 2.38 bits per heavy atom. The van der Waals surface area contributed by atoms with E-state index in [1.807, 2.05) is 37.3 Å². The van der Waals surface area contributed by atoms with Crippen molar-refractivity contribution in [3.63, 3.8) is 0 Å². The van der Waals surface area contributed by atoms with Crippen LogP contribution in [0.1, 0.15) is 5.56 Å². The van der Waals surface area contributed by atoms with Gasteiger partial charge < -0.3 is 14.2 Å². The van der Waals surface area contributed by atoms with Crippen LogP contribution in [-0.4, -0.2) is 50.7 Å². The summed E-state index contributed by atoms with van der Waals surface area (Å²) in [5.74, 6) is 0.660. The molecule has 0 aliphatic heterocycles. The number of methoxy groups -OCH3 is 1. The lowest BCUT2D eigenvalue weighted by Gasteiger charge is -2.27. The Balaban J connectivity index is 1.73. The fourth-order valence-electron chi connectivity index (χ4n) is 3.52. The van der Waals surface area contributed by atoms with Crippen LogP contribution in [-0.2, 0) is 10.0 Å². The van der Waals surface area contributed by atoms with Crippen LogP contribution in [0.25, 0.3) is 11.1 Å². The molecule has 12 heteroatoms. The first-order valence-corrected chi connectivity index (χ1v) is 12.8. The van der Waals surface area contributed by atoms with E-state index in [-0.39, 0.29) is 16.5 Å².